The van der Waals surface area contributed by atoms with Gasteiger partial charge in [0.1, 0.15) is 11.6 Å². The molecule has 0 bridgehead atoms. The number of esters is 1. The molecule has 0 spiro atoms. The molecule has 5 heteroatoms. The summed E-state index contributed by atoms with van der Waals surface area (Å²) in [5.41, 5.74) is 0.436. The second kappa shape index (κ2) is 5.87. The minimum atomic E-state index is -0.741. The van der Waals surface area contributed by atoms with Gasteiger partial charge in [-0.05, 0) is 39.3 Å². The summed E-state index contributed by atoms with van der Waals surface area (Å²) in [6, 6.07) is 6.78. The van der Waals surface area contributed by atoms with Crippen LogP contribution in [-0.4, -0.2) is 30.3 Å². The average molecular weight is 319 g/mol. The van der Waals surface area contributed by atoms with E-state index in [0.29, 0.717) is 5.69 Å². The summed E-state index contributed by atoms with van der Waals surface area (Å²) in [5, 5.41) is 0. The van der Waals surface area contributed by atoms with E-state index in [0.717, 1.165) is 5.56 Å². The molecule has 0 aromatic heterocycles. The first-order chi connectivity index (χ1) is 10.6. The molecule has 1 aliphatic heterocycles. The van der Waals surface area contributed by atoms with Gasteiger partial charge in [-0.25, -0.2) is 9.59 Å². The van der Waals surface area contributed by atoms with Gasteiger partial charge in [0, 0.05) is 5.41 Å². The molecule has 2 rings (SSSR count). The minimum absolute atomic E-state index is 0.268. The van der Waals surface area contributed by atoms with Crippen LogP contribution in [0, 0.1) is 0 Å². The van der Waals surface area contributed by atoms with Gasteiger partial charge >= 0.3 is 12.1 Å². The predicted octanol–water partition coefficient (Wildman–Crippen LogP) is 3.65. The lowest BCUT2D eigenvalue weighted by Gasteiger charge is -2.32. The van der Waals surface area contributed by atoms with Crippen LogP contribution in [0.5, 0.6) is 0 Å². The van der Waals surface area contributed by atoms with Gasteiger partial charge in [-0.2, -0.15) is 0 Å². The zero-order valence-corrected chi connectivity index (χ0v) is 14.7. The van der Waals surface area contributed by atoms with Crippen LogP contribution in [0.4, 0.5) is 10.5 Å². The molecule has 1 atom stereocenters. The van der Waals surface area contributed by atoms with Gasteiger partial charge < -0.3 is 9.47 Å². The number of anilines is 1. The van der Waals surface area contributed by atoms with Gasteiger partial charge in [-0.3, -0.25) is 4.90 Å². The van der Waals surface area contributed by atoms with Crippen LogP contribution >= 0.6 is 0 Å². The van der Waals surface area contributed by atoms with E-state index < -0.39 is 29.1 Å². The van der Waals surface area contributed by atoms with Crippen molar-refractivity contribution < 1.29 is 19.1 Å². The van der Waals surface area contributed by atoms with Crippen molar-refractivity contribution in [3.63, 3.8) is 0 Å². The molecule has 1 aromatic rings. The third kappa shape index (κ3) is 3.19. The second-order valence-corrected chi connectivity index (χ2v) is 7.24. The molecule has 1 amide bonds. The normalized spacial score (nSPS) is 19.2. The highest BCUT2D eigenvalue weighted by molar-refractivity contribution is 6.00. The maximum absolute atomic E-state index is 12.7. The highest BCUT2D eigenvalue weighted by atomic mass is 16.6. The number of nitrogens with zero attached hydrogens (tertiary/aromatic N) is 1. The monoisotopic (exact) mass is 319 g/mol. The minimum Gasteiger partial charge on any atom is -0.464 e. The first kappa shape index (κ1) is 17.3. The summed E-state index contributed by atoms with van der Waals surface area (Å²) in [4.78, 5) is 26.7. The number of hydrogen-bond acceptors (Lipinski definition) is 4. The van der Waals surface area contributed by atoms with Crippen LogP contribution in [0.2, 0.25) is 0 Å². The zero-order chi connectivity index (χ0) is 17.4. The molecule has 0 saturated heterocycles. The fourth-order valence-corrected chi connectivity index (χ4v) is 2.97. The Balaban J connectivity index is 2.50. The highest BCUT2D eigenvalue weighted by Crippen LogP contribution is 2.46. The van der Waals surface area contributed by atoms with Crippen LogP contribution in [0.25, 0.3) is 0 Å². The number of ether oxygens (including phenoxy) is 2. The quantitative estimate of drug-likeness (QED) is 0.781. The van der Waals surface area contributed by atoms with E-state index >= 15 is 0 Å². The molecule has 0 N–H and O–H groups in total. The van der Waals surface area contributed by atoms with Crippen LogP contribution in [-0.2, 0) is 19.7 Å². The Hall–Kier alpha value is -2.04. The Morgan fingerprint density at radius 1 is 1.22 bits per heavy atom. The number of para-hydroxylation sites is 1. The summed E-state index contributed by atoms with van der Waals surface area (Å²) < 4.78 is 10.7. The van der Waals surface area contributed by atoms with E-state index in [1.54, 1.807) is 27.7 Å². The predicted molar refractivity (Wildman–Crippen MR) is 88.6 cm³/mol. The molecule has 0 aliphatic carbocycles. The van der Waals surface area contributed by atoms with Crippen molar-refractivity contribution in [2.75, 3.05) is 11.5 Å². The molecule has 1 aromatic carbocycles. The fraction of sp³-hybridized carbons (Fsp3) is 0.556. The molecule has 1 heterocycles. The van der Waals surface area contributed by atoms with Crippen molar-refractivity contribution in [2.24, 2.45) is 0 Å². The van der Waals surface area contributed by atoms with Crippen molar-refractivity contribution in [1.82, 2.24) is 0 Å². The van der Waals surface area contributed by atoms with Gasteiger partial charge in [-0.1, -0.05) is 32.0 Å². The maximum atomic E-state index is 12.7. The molecular formula is C18H25NO4. The summed E-state index contributed by atoms with van der Waals surface area (Å²) in [5.74, 6) is -0.417. The van der Waals surface area contributed by atoms with Gasteiger partial charge in [0.05, 0.1) is 12.3 Å². The molecule has 0 saturated carbocycles. The van der Waals surface area contributed by atoms with Crippen LogP contribution in [0.1, 0.15) is 47.1 Å². The largest absolute Gasteiger partial charge is 0.464 e. The molecule has 0 fully saturated rings. The van der Waals surface area contributed by atoms with E-state index in [4.69, 9.17) is 9.47 Å². The zero-order valence-electron chi connectivity index (χ0n) is 14.7. The number of amides is 1. The van der Waals surface area contributed by atoms with Crippen molar-refractivity contribution in [3.8, 4) is 0 Å². The van der Waals surface area contributed by atoms with Crippen LogP contribution in [0.15, 0.2) is 24.3 Å². The van der Waals surface area contributed by atoms with Crippen molar-refractivity contribution in [3.05, 3.63) is 29.8 Å². The summed E-state index contributed by atoms with van der Waals surface area (Å²) in [7, 11) is 0. The first-order valence-electron chi connectivity index (χ1n) is 7.88. The van der Waals surface area contributed by atoms with E-state index in [1.807, 2.05) is 38.1 Å². The Bertz CT molecular complexity index is 616. The summed E-state index contributed by atoms with van der Waals surface area (Å²) in [6.07, 6.45) is -0.534. The lowest BCUT2D eigenvalue weighted by atomic mass is 9.80. The van der Waals surface area contributed by atoms with Gasteiger partial charge in [-0.15, -0.1) is 0 Å². The lowest BCUT2D eigenvalue weighted by Crippen LogP contribution is -2.52. The van der Waals surface area contributed by atoms with E-state index in [9.17, 15) is 9.59 Å². The third-order valence-corrected chi connectivity index (χ3v) is 3.90. The summed E-state index contributed by atoms with van der Waals surface area (Å²) >= 11 is 0. The first-order valence-corrected chi connectivity index (χ1v) is 7.88. The maximum Gasteiger partial charge on any atom is 0.415 e. The highest BCUT2D eigenvalue weighted by Gasteiger charge is 2.52. The fourth-order valence-electron chi connectivity index (χ4n) is 2.97. The molecule has 1 aliphatic rings. The number of carbonyl (C=O) groups excluding carboxylic acids is 2. The van der Waals surface area contributed by atoms with Crippen molar-refractivity contribution in [2.45, 2.75) is 58.6 Å². The number of fused-ring (bicyclic) bond motifs is 1. The second-order valence-electron chi connectivity index (χ2n) is 7.24. The van der Waals surface area contributed by atoms with E-state index in [2.05, 4.69) is 0 Å². The molecule has 1 unspecified atom stereocenters. The SMILES string of the molecule is CCOC(=O)C1N(C(=O)OC(C)(C)C)c2ccccc2C1(C)C. The topological polar surface area (TPSA) is 55.8 Å². The lowest BCUT2D eigenvalue weighted by molar-refractivity contribution is -0.146. The van der Waals surface area contributed by atoms with Gasteiger partial charge in [0.2, 0.25) is 0 Å². The Morgan fingerprint density at radius 2 is 1.83 bits per heavy atom. The summed E-state index contributed by atoms with van der Waals surface area (Å²) in [6.45, 7) is 11.3. The molecule has 0 radical (unpaired) electrons. The van der Waals surface area contributed by atoms with Gasteiger partial charge in [0.25, 0.3) is 0 Å². The number of hydrogen-bond donors (Lipinski definition) is 0. The molecule has 23 heavy (non-hydrogen) atoms. The standard InChI is InChI=1S/C18H25NO4/c1-7-22-15(20)14-18(5,6)12-10-8-9-11-13(12)19(14)16(21)23-17(2,3)4/h8-11,14H,7H2,1-6H3. The molecule has 126 valence electrons. The van der Waals surface area contributed by atoms with E-state index in [-0.39, 0.29) is 6.61 Å². The Labute approximate surface area is 137 Å². The van der Waals surface area contributed by atoms with Crippen LogP contribution in [0.3, 0.4) is 0 Å². The molecular weight excluding hydrogens is 294 g/mol. The van der Waals surface area contributed by atoms with Crippen molar-refractivity contribution in [1.29, 1.82) is 0 Å². The van der Waals surface area contributed by atoms with E-state index in [1.165, 1.54) is 4.90 Å². The number of rotatable bonds is 2. The number of benzene rings is 1. The molecule has 5 nitrogen and oxygen atoms in total. The Morgan fingerprint density at radius 3 is 2.39 bits per heavy atom. The average Bonchev–Trinajstić information content (AvgIpc) is 2.66. The smallest absolute Gasteiger partial charge is 0.415 e. The van der Waals surface area contributed by atoms with Crippen molar-refractivity contribution >= 4 is 17.7 Å². The Kier molecular flexibility index (Phi) is 4.42. The van der Waals surface area contributed by atoms with Crippen LogP contribution < -0.4 is 4.90 Å². The number of carbonyl (C=O) groups is 2. The third-order valence-electron chi connectivity index (χ3n) is 3.90. The van der Waals surface area contributed by atoms with Gasteiger partial charge in [0.15, 0.2) is 0 Å².